The zero-order valence-corrected chi connectivity index (χ0v) is 15.3. The summed E-state index contributed by atoms with van der Waals surface area (Å²) in [5.74, 6) is 0.716. The predicted molar refractivity (Wildman–Crippen MR) is 86.7 cm³/mol. The zero-order chi connectivity index (χ0) is 15.2. The smallest absolute Gasteiger partial charge is 0.119 e. The van der Waals surface area contributed by atoms with Gasteiger partial charge in [-0.2, -0.15) is 0 Å². The molecule has 0 amide bonds. The minimum Gasteiger partial charge on any atom is -0.508 e. The van der Waals surface area contributed by atoms with Crippen molar-refractivity contribution in [2.24, 2.45) is 0 Å². The second kappa shape index (κ2) is 9.19. The molecule has 21 heavy (non-hydrogen) atoms. The number of phenols is 2. The molecule has 2 aromatic rings. The molecular formula is C17H22O2STi. The van der Waals surface area contributed by atoms with Crippen LogP contribution in [0.3, 0.4) is 0 Å². The topological polar surface area (TPSA) is 40.5 Å². The molecule has 0 radical (unpaired) electrons. The van der Waals surface area contributed by atoms with Crippen molar-refractivity contribution in [2.75, 3.05) is 6.26 Å². The Morgan fingerprint density at radius 2 is 1.48 bits per heavy atom. The van der Waals surface area contributed by atoms with E-state index in [4.69, 9.17) is 5.11 Å². The van der Waals surface area contributed by atoms with E-state index in [0.717, 1.165) is 5.56 Å². The Hall–Kier alpha value is -0.896. The number of benzene rings is 2. The van der Waals surface area contributed by atoms with Crippen molar-refractivity contribution in [3.05, 3.63) is 54.1 Å². The maximum Gasteiger partial charge on any atom is 0.119 e. The molecule has 0 saturated heterocycles. The summed E-state index contributed by atoms with van der Waals surface area (Å²) in [7, 11) is 0. The number of rotatable bonds is 1. The largest absolute Gasteiger partial charge is 0.508 e. The Bertz CT molecular complexity index is 536. The van der Waals surface area contributed by atoms with Crippen molar-refractivity contribution < 1.29 is 31.9 Å². The molecule has 0 aliphatic heterocycles. The van der Waals surface area contributed by atoms with Gasteiger partial charge in [0.25, 0.3) is 0 Å². The van der Waals surface area contributed by atoms with Gasteiger partial charge in [0.2, 0.25) is 0 Å². The van der Waals surface area contributed by atoms with E-state index in [0.29, 0.717) is 11.5 Å². The molecular weight excluding hydrogens is 316 g/mol. The molecule has 2 nitrogen and oxygen atoms in total. The van der Waals surface area contributed by atoms with Gasteiger partial charge < -0.3 is 10.2 Å². The van der Waals surface area contributed by atoms with Crippen molar-refractivity contribution in [1.29, 1.82) is 0 Å². The molecule has 0 bridgehead atoms. The predicted octanol–water partition coefficient (Wildman–Crippen LogP) is 4.80. The molecule has 0 heterocycles. The van der Waals surface area contributed by atoms with Crippen LogP contribution in [0, 0.1) is 0 Å². The molecule has 0 aliphatic rings. The number of aromatic hydroxyl groups is 2. The number of phenolic OH excluding ortho intramolecular Hbond substituents is 2. The van der Waals surface area contributed by atoms with Crippen molar-refractivity contribution in [3.63, 3.8) is 0 Å². The van der Waals surface area contributed by atoms with E-state index in [2.05, 4.69) is 26.8 Å². The third-order valence-electron chi connectivity index (χ3n) is 2.77. The van der Waals surface area contributed by atoms with Gasteiger partial charge >= 0.3 is 0 Å². The van der Waals surface area contributed by atoms with Gasteiger partial charge in [-0.1, -0.05) is 39.0 Å². The van der Waals surface area contributed by atoms with Crippen LogP contribution in [-0.4, -0.2) is 16.5 Å². The minimum atomic E-state index is 0. The van der Waals surface area contributed by atoms with Crippen LogP contribution in [0.5, 0.6) is 11.5 Å². The molecule has 0 atom stereocenters. The summed E-state index contributed by atoms with van der Waals surface area (Å²) in [6.45, 7) is 6.31. The number of hydrogen-bond donors (Lipinski definition) is 2. The summed E-state index contributed by atoms with van der Waals surface area (Å²) in [5, 5.41) is 18.3. The normalized spacial score (nSPS) is 10.1. The summed E-state index contributed by atoms with van der Waals surface area (Å²) in [6.07, 6.45) is 2.04. The van der Waals surface area contributed by atoms with Crippen LogP contribution in [0.2, 0.25) is 0 Å². The Morgan fingerprint density at radius 3 is 1.86 bits per heavy atom. The van der Waals surface area contributed by atoms with Crippen LogP contribution in [0.15, 0.2) is 53.4 Å². The third kappa shape index (κ3) is 7.08. The minimum absolute atomic E-state index is 0. The van der Waals surface area contributed by atoms with Gasteiger partial charge in [-0.05, 0) is 42.0 Å². The second-order valence-electron chi connectivity index (χ2n) is 5.47. The van der Waals surface area contributed by atoms with Crippen molar-refractivity contribution in [3.8, 4) is 11.5 Å². The van der Waals surface area contributed by atoms with Crippen molar-refractivity contribution in [1.82, 2.24) is 0 Å². The van der Waals surface area contributed by atoms with E-state index in [1.165, 1.54) is 4.90 Å². The number of hydrogen-bond acceptors (Lipinski definition) is 3. The fourth-order valence-corrected chi connectivity index (χ4v) is 2.11. The van der Waals surface area contributed by atoms with E-state index in [-0.39, 0.29) is 27.1 Å². The SMILES string of the molecule is CSc1ccc(O)c(C(C)(C)C)c1.Oc1ccccc1.[Ti]. The molecule has 0 aliphatic carbocycles. The molecule has 112 valence electrons. The van der Waals surface area contributed by atoms with Crippen LogP contribution in [0.1, 0.15) is 26.3 Å². The van der Waals surface area contributed by atoms with E-state index in [9.17, 15) is 5.11 Å². The molecule has 0 fully saturated rings. The fraction of sp³-hybridized carbons (Fsp3) is 0.294. The van der Waals surface area contributed by atoms with Gasteiger partial charge in [-0.15, -0.1) is 11.8 Å². The van der Waals surface area contributed by atoms with Gasteiger partial charge in [0.05, 0.1) is 0 Å². The average Bonchev–Trinajstić information content (AvgIpc) is 2.39. The number of para-hydroxylation sites is 1. The van der Waals surface area contributed by atoms with E-state index >= 15 is 0 Å². The standard InChI is InChI=1S/C11H16OS.C6H6O.Ti/c1-11(2,3)9-7-8(13-4)5-6-10(9)12;7-6-4-2-1-3-5-6;/h5-7,12H,1-4H3;1-5,7H;. The molecule has 4 heteroatoms. The number of thioether (sulfide) groups is 1. The molecule has 2 N–H and O–H groups in total. The first-order valence-corrected chi connectivity index (χ1v) is 7.68. The van der Waals surface area contributed by atoms with Gasteiger partial charge in [-0.3, -0.25) is 0 Å². The van der Waals surface area contributed by atoms with Crippen molar-refractivity contribution in [2.45, 2.75) is 31.1 Å². The average molecular weight is 338 g/mol. The van der Waals surface area contributed by atoms with Crippen LogP contribution in [0.25, 0.3) is 0 Å². The summed E-state index contributed by atoms with van der Waals surface area (Å²) in [4.78, 5) is 1.20. The van der Waals surface area contributed by atoms with Crippen LogP contribution < -0.4 is 0 Å². The molecule has 0 spiro atoms. The summed E-state index contributed by atoms with van der Waals surface area (Å²) in [5.41, 5.74) is 1.02. The quantitative estimate of drug-likeness (QED) is 0.579. The maximum absolute atomic E-state index is 9.66. The first-order chi connectivity index (χ1) is 9.34. The van der Waals surface area contributed by atoms with Crippen LogP contribution >= 0.6 is 11.8 Å². The summed E-state index contributed by atoms with van der Waals surface area (Å²) < 4.78 is 0. The maximum atomic E-state index is 9.66. The van der Waals surface area contributed by atoms with E-state index in [1.54, 1.807) is 42.1 Å². The van der Waals surface area contributed by atoms with Crippen LogP contribution in [-0.2, 0) is 27.1 Å². The second-order valence-corrected chi connectivity index (χ2v) is 6.35. The fourth-order valence-electron chi connectivity index (χ4n) is 1.67. The summed E-state index contributed by atoms with van der Waals surface area (Å²) in [6, 6.07) is 14.5. The first kappa shape index (κ1) is 20.1. The van der Waals surface area contributed by atoms with Crippen molar-refractivity contribution >= 4 is 11.8 Å². The third-order valence-corrected chi connectivity index (χ3v) is 3.49. The summed E-state index contributed by atoms with van der Waals surface area (Å²) >= 11 is 1.70. The van der Waals surface area contributed by atoms with Gasteiger partial charge in [0.1, 0.15) is 11.5 Å². The Balaban J connectivity index is 0.000000425. The van der Waals surface area contributed by atoms with Gasteiger partial charge in [-0.25, -0.2) is 0 Å². The Kier molecular flexibility index (Phi) is 8.80. The van der Waals surface area contributed by atoms with E-state index in [1.807, 2.05) is 18.4 Å². The van der Waals surface area contributed by atoms with Crippen LogP contribution in [0.4, 0.5) is 0 Å². The molecule has 0 saturated carbocycles. The Morgan fingerprint density at radius 1 is 0.905 bits per heavy atom. The zero-order valence-electron chi connectivity index (χ0n) is 12.9. The van der Waals surface area contributed by atoms with Gasteiger partial charge in [0.15, 0.2) is 0 Å². The Labute approximate surface area is 146 Å². The first-order valence-electron chi connectivity index (χ1n) is 6.46. The van der Waals surface area contributed by atoms with E-state index < -0.39 is 0 Å². The molecule has 2 aromatic carbocycles. The molecule has 0 aromatic heterocycles. The molecule has 2 rings (SSSR count). The van der Waals surface area contributed by atoms with Gasteiger partial charge in [0, 0.05) is 32.2 Å². The monoisotopic (exact) mass is 338 g/mol. The molecule has 0 unspecified atom stereocenters.